The lowest BCUT2D eigenvalue weighted by Gasteiger charge is -2.19. The maximum absolute atomic E-state index is 6.00. The van der Waals surface area contributed by atoms with Crippen LogP contribution in [-0.2, 0) is 5.75 Å². The number of hydrogen-bond donors (Lipinski definition) is 1. The van der Waals surface area contributed by atoms with Crippen molar-refractivity contribution in [3.05, 3.63) is 45.1 Å². The Labute approximate surface area is 132 Å². The molecule has 0 atom stereocenters. The molecule has 1 aromatic heterocycles. The number of benzene rings is 1. The van der Waals surface area contributed by atoms with E-state index in [9.17, 15) is 0 Å². The summed E-state index contributed by atoms with van der Waals surface area (Å²) in [4.78, 5) is 2.63. The summed E-state index contributed by atoms with van der Waals surface area (Å²) >= 11 is 9.51. The Morgan fingerprint density at radius 1 is 1.35 bits per heavy atom. The SMILES string of the molecule is CN(N)c1cccc(C2CC2)c1SCc1ccc(Cl)s1. The van der Waals surface area contributed by atoms with Gasteiger partial charge in [0.25, 0.3) is 0 Å². The normalized spacial score (nSPS) is 14.6. The van der Waals surface area contributed by atoms with Crippen LogP contribution in [0.2, 0.25) is 4.34 Å². The maximum atomic E-state index is 6.00. The zero-order chi connectivity index (χ0) is 14.1. The Hall–Kier alpha value is -0.680. The van der Waals surface area contributed by atoms with Crippen molar-refractivity contribution in [3.8, 4) is 0 Å². The Morgan fingerprint density at radius 3 is 2.75 bits per heavy atom. The van der Waals surface area contributed by atoms with E-state index in [1.165, 1.54) is 28.2 Å². The van der Waals surface area contributed by atoms with Gasteiger partial charge in [0.05, 0.1) is 10.0 Å². The lowest BCUT2D eigenvalue weighted by atomic mass is 10.1. The van der Waals surface area contributed by atoms with Crippen molar-refractivity contribution in [2.24, 2.45) is 5.84 Å². The molecule has 1 saturated carbocycles. The summed E-state index contributed by atoms with van der Waals surface area (Å²) in [5, 5.41) is 1.72. The number of thiophene rings is 1. The predicted octanol–water partition coefficient (Wildman–Crippen LogP) is 4.88. The summed E-state index contributed by atoms with van der Waals surface area (Å²) in [5.41, 5.74) is 2.56. The van der Waals surface area contributed by atoms with E-state index in [2.05, 4.69) is 24.3 Å². The van der Waals surface area contributed by atoms with Crippen LogP contribution < -0.4 is 10.9 Å². The van der Waals surface area contributed by atoms with E-state index >= 15 is 0 Å². The number of nitrogens with zero attached hydrogens (tertiary/aromatic N) is 1. The molecule has 2 N–H and O–H groups in total. The highest BCUT2D eigenvalue weighted by atomic mass is 35.5. The molecular formula is C15H17ClN2S2. The van der Waals surface area contributed by atoms with Gasteiger partial charge in [-0.25, -0.2) is 5.84 Å². The second-order valence-corrected chi connectivity index (χ2v) is 7.86. The zero-order valence-electron chi connectivity index (χ0n) is 11.3. The molecule has 0 saturated heterocycles. The van der Waals surface area contributed by atoms with Gasteiger partial charge in [0, 0.05) is 22.6 Å². The second kappa shape index (κ2) is 5.98. The van der Waals surface area contributed by atoms with E-state index in [1.807, 2.05) is 24.9 Å². The van der Waals surface area contributed by atoms with Crippen LogP contribution in [-0.4, -0.2) is 7.05 Å². The van der Waals surface area contributed by atoms with E-state index in [1.54, 1.807) is 16.3 Å². The molecule has 0 spiro atoms. The van der Waals surface area contributed by atoms with Crippen molar-refractivity contribution >= 4 is 40.4 Å². The standard InChI is InChI=1S/C15H17ClN2S2/c1-18(17)13-4-2-3-12(10-5-6-10)15(13)19-9-11-7-8-14(16)20-11/h2-4,7-8,10H,5-6,9,17H2,1H3. The number of hydrogen-bond acceptors (Lipinski definition) is 4. The first-order chi connectivity index (χ1) is 9.65. The molecular weight excluding hydrogens is 308 g/mol. The highest BCUT2D eigenvalue weighted by Gasteiger charge is 2.27. The molecule has 2 aromatic rings. The van der Waals surface area contributed by atoms with Crippen LogP contribution in [0, 0.1) is 0 Å². The predicted molar refractivity (Wildman–Crippen MR) is 89.9 cm³/mol. The summed E-state index contributed by atoms with van der Waals surface area (Å²) in [7, 11) is 1.90. The van der Waals surface area contributed by atoms with Gasteiger partial charge in [0.15, 0.2) is 0 Å². The van der Waals surface area contributed by atoms with Crippen LogP contribution in [0.1, 0.15) is 29.2 Å². The van der Waals surface area contributed by atoms with Crippen molar-refractivity contribution in [3.63, 3.8) is 0 Å². The second-order valence-electron chi connectivity index (χ2n) is 5.08. The minimum Gasteiger partial charge on any atom is -0.313 e. The Bertz CT molecular complexity index is 585. The van der Waals surface area contributed by atoms with Gasteiger partial charge in [-0.15, -0.1) is 23.1 Å². The third kappa shape index (κ3) is 3.14. The van der Waals surface area contributed by atoms with Crippen molar-refractivity contribution in [2.45, 2.75) is 29.4 Å². The van der Waals surface area contributed by atoms with Gasteiger partial charge in [-0.3, -0.25) is 0 Å². The third-order valence-corrected chi connectivity index (χ3v) is 6.01. The molecule has 1 aliphatic carbocycles. The minimum atomic E-state index is 0.726. The molecule has 0 aliphatic heterocycles. The van der Waals surface area contributed by atoms with E-state index in [0.717, 1.165) is 21.7 Å². The van der Waals surface area contributed by atoms with Gasteiger partial charge in [-0.2, -0.15) is 0 Å². The molecule has 0 radical (unpaired) electrons. The maximum Gasteiger partial charge on any atom is 0.0931 e. The summed E-state index contributed by atoms with van der Waals surface area (Å²) < 4.78 is 0.854. The highest BCUT2D eigenvalue weighted by molar-refractivity contribution is 7.98. The van der Waals surface area contributed by atoms with Crippen molar-refractivity contribution < 1.29 is 0 Å². The Balaban J connectivity index is 1.86. The van der Waals surface area contributed by atoms with Crippen LogP contribution >= 0.6 is 34.7 Å². The van der Waals surface area contributed by atoms with Crippen molar-refractivity contribution in [2.75, 3.05) is 12.1 Å². The number of nitrogens with two attached hydrogens (primary N) is 1. The molecule has 2 nitrogen and oxygen atoms in total. The Morgan fingerprint density at radius 2 is 2.15 bits per heavy atom. The molecule has 0 bridgehead atoms. The first kappa shape index (κ1) is 14.3. The fourth-order valence-electron chi connectivity index (χ4n) is 2.27. The van der Waals surface area contributed by atoms with E-state index in [0.29, 0.717) is 0 Å². The quantitative estimate of drug-likeness (QED) is 0.483. The molecule has 1 aliphatic rings. The molecule has 3 rings (SSSR count). The lowest BCUT2D eigenvalue weighted by molar-refractivity contribution is 0.970. The van der Waals surface area contributed by atoms with Crippen LogP contribution in [0.4, 0.5) is 5.69 Å². The molecule has 1 aromatic carbocycles. The van der Waals surface area contributed by atoms with Crippen LogP contribution in [0.25, 0.3) is 0 Å². The monoisotopic (exact) mass is 324 g/mol. The van der Waals surface area contributed by atoms with E-state index in [-0.39, 0.29) is 0 Å². The van der Waals surface area contributed by atoms with Crippen molar-refractivity contribution in [1.82, 2.24) is 0 Å². The number of hydrazine groups is 1. The summed E-state index contributed by atoms with van der Waals surface area (Å²) in [6.07, 6.45) is 2.60. The third-order valence-electron chi connectivity index (χ3n) is 3.41. The number of thioether (sulfide) groups is 1. The first-order valence-electron chi connectivity index (χ1n) is 6.63. The van der Waals surface area contributed by atoms with Gasteiger partial charge in [0.2, 0.25) is 0 Å². The minimum absolute atomic E-state index is 0.726. The van der Waals surface area contributed by atoms with Gasteiger partial charge < -0.3 is 5.01 Å². The molecule has 0 unspecified atom stereocenters. The van der Waals surface area contributed by atoms with Gasteiger partial charge >= 0.3 is 0 Å². The molecule has 1 fully saturated rings. The summed E-state index contributed by atoms with van der Waals surface area (Å²) in [5.74, 6) is 7.65. The highest BCUT2D eigenvalue weighted by Crippen LogP contribution is 2.47. The molecule has 106 valence electrons. The number of anilines is 1. The van der Waals surface area contributed by atoms with Crippen molar-refractivity contribution in [1.29, 1.82) is 0 Å². The number of halogens is 1. The molecule has 1 heterocycles. The fraction of sp³-hybridized carbons (Fsp3) is 0.333. The topological polar surface area (TPSA) is 29.3 Å². The van der Waals surface area contributed by atoms with Crippen LogP contribution in [0.3, 0.4) is 0 Å². The van der Waals surface area contributed by atoms with Gasteiger partial charge in [0.1, 0.15) is 0 Å². The summed E-state index contributed by atoms with van der Waals surface area (Å²) in [6, 6.07) is 10.5. The average molecular weight is 325 g/mol. The average Bonchev–Trinajstić information content (AvgIpc) is 3.19. The first-order valence-corrected chi connectivity index (χ1v) is 8.81. The van der Waals surface area contributed by atoms with Gasteiger partial charge in [-0.05, 0) is 42.5 Å². The molecule has 5 heteroatoms. The largest absolute Gasteiger partial charge is 0.313 e. The van der Waals surface area contributed by atoms with Crippen LogP contribution in [0.5, 0.6) is 0 Å². The van der Waals surface area contributed by atoms with E-state index < -0.39 is 0 Å². The molecule has 20 heavy (non-hydrogen) atoms. The summed E-state index contributed by atoms with van der Waals surface area (Å²) in [6.45, 7) is 0. The van der Waals surface area contributed by atoms with E-state index in [4.69, 9.17) is 17.4 Å². The van der Waals surface area contributed by atoms with Crippen LogP contribution in [0.15, 0.2) is 35.2 Å². The number of rotatable bonds is 5. The zero-order valence-corrected chi connectivity index (χ0v) is 13.7. The lowest BCUT2D eigenvalue weighted by Crippen LogP contribution is -2.25. The Kier molecular flexibility index (Phi) is 4.26. The fourth-order valence-corrected chi connectivity index (χ4v) is 4.71. The van der Waals surface area contributed by atoms with Gasteiger partial charge in [-0.1, -0.05) is 23.7 Å². The smallest absolute Gasteiger partial charge is 0.0931 e. The molecule has 0 amide bonds.